The molecule has 2 aromatic heterocycles. The van der Waals surface area contributed by atoms with Gasteiger partial charge >= 0.3 is 0 Å². The monoisotopic (exact) mass is 376 g/mol. The molecule has 1 N–H and O–H groups in total. The third-order valence-corrected chi connectivity index (χ3v) is 5.71. The molecule has 2 heterocycles. The van der Waals surface area contributed by atoms with Crippen molar-refractivity contribution in [2.45, 2.75) is 26.5 Å². The molecule has 0 aliphatic carbocycles. The molecular weight excluding hydrogens is 356 g/mol. The highest BCUT2D eigenvalue weighted by Gasteiger charge is 2.18. The summed E-state index contributed by atoms with van der Waals surface area (Å²) in [4.78, 5) is 5.48. The van der Waals surface area contributed by atoms with Gasteiger partial charge in [0.1, 0.15) is 16.8 Å². The summed E-state index contributed by atoms with van der Waals surface area (Å²) in [5, 5.41) is 20.0. The first-order valence-corrected chi connectivity index (χ1v) is 9.60. The Hall–Kier alpha value is -2.83. The lowest BCUT2D eigenvalue weighted by Crippen LogP contribution is -2.09. The predicted octanol–water partition coefficient (Wildman–Crippen LogP) is 4.42. The predicted molar refractivity (Wildman–Crippen MR) is 107 cm³/mol. The zero-order valence-corrected chi connectivity index (χ0v) is 16.0. The summed E-state index contributed by atoms with van der Waals surface area (Å²) in [6, 6.07) is 18.2. The quantitative estimate of drug-likeness (QED) is 0.560. The molecule has 0 bridgehead atoms. The van der Waals surface area contributed by atoms with E-state index in [1.165, 1.54) is 16.9 Å². The maximum absolute atomic E-state index is 10.7. The van der Waals surface area contributed by atoms with Crippen LogP contribution in [-0.2, 0) is 6.54 Å². The van der Waals surface area contributed by atoms with Gasteiger partial charge in [-0.25, -0.2) is 9.67 Å². The van der Waals surface area contributed by atoms with Crippen LogP contribution in [0.4, 0.5) is 0 Å². The molecule has 6 heteroatoms. The van der Waals surface area contributed by atoms with E-state index in [4.69, 9.17) is 0 Å². The van der Waals surface area contributed by atoms with E-state index in [1.54, 1.807) is 4.68 Å². The van der Waals surface area contributed by atoms with Crippen molar-refractivity contribution in [3.05, 3.63) is 76.9 Å². The number of thiazole rings is 1. The van der Waals surface area contributed by atoms with Crippen LogP contribution in [-0.4, -0.2) is 25.1 Å². The minimum absolute atomic E-state index is 0.343. The zero-order chi connectivity index (χ0) is 18.8. The zero-order valence-electron chi connectivity index (χ0n) is 15.2. The largest absolute Gasteiger partial charge is 0.386 e. The Labute approximate surface area is 162 Å². The van der Waals surface area contributed by atoms with Crippen LogP contribution < -0.4 is 0 Å². The second-order valence-electron chi connectivity index (χ2n) is 6.54. The van der Waals surface area contributed by atoms with Crippen LogP contribution in [0.2, 0.25) is 0 Å². The number of aryl methyl sites for hydroxylation is 2. The summed E-state index contributed by atoms with van der Waals surface area (Å²) in [7, 11) is 0. The van der Waals surface area contributed by atoms with Gasteiger partial charge in [-0.3, -0.25) is 0 Å². The summed E-state index contributed by atoms with van der Waals surface area (Å²) >= 11 is 1.52. The SMILES string of the molecule is Cc1ccc(-c2cn(CC(O)c3sc(-c4ccccc4)nc3C)nn2)cc1. The Bertz CT molecular complexity index is 1040. The van der Waals surface area contributed by atoms with E-state index in [0.717, 1.165) is 32.4 Å². The molecule has 136 valence electrons. The first-order chi connectivity index (χ1) is 13.1. The van der Waals surface area contributed by atoms with Crippen molar-refractivity contribution in [2.24, 2.45) is 0 Å². The van der Waals surface area contributed by atoms with Crippen molar-refractivity contribution in [1.82, 2.24) is 20.0 Å². The number of aliphatic hydroxyl groups excluding tert-OH is 1. The summed E-state index contributed by atoms with van der Waals surface area (Å²) in [6.07, 6.45) is 1.19. The van der Waals surface area contributed by atoms with Gasteiger partial charge in [-0.1, -0.05) is 65.4 Å². The van der Waals surface area contributed by atoms with Crippen molar-refractivity contribution in [3.8, 4) is 21.8 Å². The van der Waals surface area contributed by atoms with Crippen LogP contribution in [0, 0.1) is 13.8 Å². The lowest BCUT2D eigenvalue weighted by atomic mass is 10.1. The molecule has 0 aliphatic heterocycles. The molecule has 0 radical (unpaired) electrons. The van der Waals surface area contributed by atoms with Crippen LogP contribution >= 0.6 is 11.3 Å². The van der Waals surface area contributed by atoms with Crippen LogP contribution in [0.5, 0.6) is 0 Å². The molecule has 0 fully saturated rings. The number of nitrogens with zero attached hydrogens (tertiary/aromatic N) is 4. The van der Waals surface area contributed by atoms with E-state index in [-0.39, 0.29) is 0 Å². The van der Waals surface area contributed by atoms with Crippen molar-refractivity contribution in [3.63, 3.8) is 0 Å². The topological polar surface area (TPSA) is 63.8 Å². The number of hydrogen-bond acceptors (Lipinski definition) is 5. The highest BCUT2D eigenvalue weighted by Crippen LogP contribution is 2.32. The van der Waals surface area contributed by atoms with Gasteiger partial charge in [0.05, 0.1) is 23.3 Å². The lowest BCUT2D eigenvalue weighted by molar-refractivity contribution is 0.153. The summed E-state index contributed by atoms with van der Waals surface area (Å²) < 4.78 is 1.68. The van der Waals surface area contributed by atoms with Crippen molar-refractivity contribution in [1.29, 1.82) is 0 Å². The lowest BCUT2D eigenvalue weighted by Gasteiger charge is -2.08. The molecular formula is C21H20N4OS. The minimum atomic E-state index is -0.674. The van der Waals surface area contributed by atoms with Gasteiger partial charge < -0.3 is 5.11 Å². The van der Waals surface area contributed by atoms with E-state index < -0.39 is 6.10 Å². The summed E-state index contributed by atoms with van der Waals surface area (Å²) in [6.45, 7) is 4.33. The molecule has 2 aromatic carbocycles. The molecule has 0 amide bonds. The fourth-order valence-electron chi connectivity index (χ4n) is 2.93. The Morgan fingerprint density at radius 1 is 1.00 bits per heavy atom. The summed E-state index contributed by atoms with van der Waals surface area (Å²) in [5.74, 6) is 0. The number of hydrogen-bond donors (Lipinski definition) is 1. The molecule has 0 saturated heterocycles. The normalized spacial score (nSPS) is 12.3. The maximum Gasteiger partial charge on any atom is 0.123 e. The molecule has 1 unspecified atom stereocenters. The highest BCUT2D eigenvalue weighted by molar-refractivity contribution is 7.15. The highest BCUT2D eigenvalue weighted by atomic mass is 32.1. The van der Waals surface area contributed by atoms with Crippen LogP contribution in [0.15, 0.2) is 60.8 Å². The number of aliphatic hydroxyl groups is 1. The molecule has 5 nitrogen and oxygen atoms in total. The minimum Gasteiger partial charge on any atom is -0.386 e. The third kappa shape index (κ3) is 3.82. The first-order valence-electron chi connectivity index (χ1n) is 8.78. The van der Waals surface area contributed by atoms with Crippen molar-refractivity contribution < 1.29 is 5.11 Å². The molecule has 4 aromatic rings. The van der Waals surface area contributed by atoms with Gasteiger partial charge in [-0.15, -0.1) is 16.4 Å². The fourth-order valence-corrected chi connectivity index (χ4v) is 3.97. The van der Waals surface area contributed by atoms with Crippen LogP contribution in [0.25, 0.3) is 21.8 Å². The second-order valence-corrected chi connectivity index (χ2v) is 7.57. The Kier molecular flexibility index (Phi) is 4.83. The average molecular weight is 376 g/mol. The van der Waals surface area contributed by atoms with Gasteiger partial charge in [0.2, 0.25) is 0 Å². The van der Waals surface area contributed by atoms with E-state index >= 15 is 0 Å². The van der Waals surface area contributed by atoms with Crippen LogP contribution in [0.3, 0.4) is 0 Å². The molecule has 0 aliphatic rings. The third-order valence-electron chi connectivity index (χ3n) is 4.40. The molecule has 0 saturated carbocycles. The van der Waals surface area contributed by atoms with Gasteiger partial charge in [0.15, 0.2) is 0 Å². The summed E-state index contributed by atoms with van der Waals surface area (Å²) in [5.41, 5.74) is 4.93. The van der Waals surface area contributed by atoms with E-state index in [1.807, 2.05) is 55.6 Å². The average Bonchev–Trinajstić information content (AvgIpc) is 3.30. The van der Waals surface area contributed by atoms with Crippen molar-refractivity contribution >= 4 is 11.3 Å². The van der Waals surface area contributed by atoms with Gasteiger partial charge in [0, 0.05) is 11.1 Å². The first kappa shape index (κ1) is 17.6. The Balaban J connectivity index is 1.52. The molecule has 4 rings (SSSR count). The second kappa shape index (κ2) is 7.42. The van der Waals surface area contributed by atoms with Gasteiger partial charge in [0.25, 0.3) is 0 Å². The molecule has 27 heavy (non-hydrogen) atoms. The van der Waals surface area contributed by atoms with E-state index in [2.05, 4.69) is 34.4 Å². The van der Waals surface area contributed by atoms with Crippen LogP contribution in [0.1, 0.15) is 22.2 Å². The van der Waals surface area contributed by atoms with Gasteiger partial charge in [-0.05, 0) is 13.8 Å². The van der Waals surface area contributed by atoms with Gasteiger partial charge in [-0.2, -0.15) is 0 Å². The molecule has 0 spiro atoms. The fraction of sp³-hybridized carbons (Fsp3) is 0.190. The standard InChI is InChI=1S/C21H20N4OS/c1-14-8-10-16(11-9-14)18-12-25(24-23-18)13-19(26)20-15(2)22-21(27-20)17-6-4-3-5-7-17/h3-12,19,26H,13H2,1-2H3. The maximum atomic E-state index is 10.7. The smallest absolute Gasteiger partial charge is 0.123 e. The number of aromatic nitrogens is 4. The van der Waals surface area contributed by atoms with Crippen molar-refractivity contribution in [2.75, 3.05) is 0 Å². The molecule has 1 atom stereocenters. The number of rotatable bonds is 5. The number of benzene rings is 2. The van der Waals surface area contributed by atoms with E-state index in [9.17, 15) is 5.11 Å². The van der Waals surface area contributed by atoms with E-state index in [0.29, 0.717) is 6.54 Å². The Morgan fingerprint density at radius 3 is 2.48 bits per heavy atom. The Morgan fingerprint density at radius 2 is 1.74 bits per heavy atom.